The molecule has 1 rings (SSSR count). The van der Waals surface area contributed by atoms with Gasteiger partial charge in [0, 0.05) is 21.5 Å². The predicted octanol–water partition coefficient (Wildman–Crippen LogP) is 3.64. The van der Waals surface area contributed by atoms with E-state index in [4.69, 9.17) is 5.11 Å². The highest BCUT2D eigenvalue weighted by atomic mass is 79.9. The molecule has 0 atom stereocenters. The van der Waals surface area contributed by atoms with Crippen LogP contribution < -0.4 is 0 Å². The number of thioether (sulfide) groups is 1. The second kappa shape index (κ2) is 7.84. The van der Waals surface area contributed by atoms with Crippen molar-refractivity contribution in [2.75, 3.05) is 12.3 Å². The van der Waals surface area contributed by atoms with Crippen molar-refractivity contribution in [1.82, 2.24) is 4.90 Å². The van der Waals surface area contributed by atoms with Crippen molar-refractivity contribution in [2.24, 2.45) is 0 Å². The number of carboxylic acids is 1. The molecule has 116 valence electrons. The second-order valence-corrected chi connectivity index (χ2v) is 7.57. The van der Waals surface area contributed by atoms with Crippen molar-refractivity contribution in [3.05, 3.63) is 28.7 Å². The van der Waals surface area contributed by atoms with Gasteiger partial charge in [0.2, 0.25) is 5.91 Å². The monoisotopic (exact) mass is 373 g/mol. The molecule has 0 unspecified atom stereocenters. The van der Waals surface area contributed by atoms with Gasteiger partial charge in [-0.1, -0.05) is 15.9 Å². The van der Waals surface area contributed by atoms with Gasteiger partial charge in [-0.3, -0.25) is 9.59 Å². The van der Waals surface area contributed by atoms with E-state index in [1.165, 1.54) is 11.8 Å². The van der Waals surface area contributed by atoms with Crippen molar-refractivity contribution in [3.63, 3.8) is 0 Å². The molecule has 21 heavy (non-hydrogen) atoms. The summed E-state index contributed by atoms with van der Waals surface area (Å²) in [4.78, 5) is 25.7. The SMILES string of the molecule is CC(C)(C)N(CCC(=O)O)C(=O)CSc1ccc(Br)cc1. The first kappa shape index (κ1) is 18.0. The normalized spacial score (nSPS) is 11.2. The molecule has 0 saturated heterocycles. The van der Waals surface area contributed by atoms with Crippen LogP contribution in [0, 0.1) is 0 Å². The van der Waals surface area contributed by atoms with E-state index in [1.807, 2.05) is 45.0 Å². The van der Waals surface area contributed by atoms with Crippen LogP contribution >= 0.6 is 27.7 Å². The van der Waals surface area contributed by atoms with Crippen molar-refractivity contribution in [3.8, 4) is 0 Å². The van der Waals surface area contributed by atoms with Crippen molar-refractivity contribution >= 4 is 39.6 Å². The molecule has 1 N–H and O–H groups in total. The van der Waals surface area contributed by atoms with Crippen LogP contribution in [0.25, 0.3) is 0 Å². The highest BCUT2D eigenvalue weighted by Crippen LogP contribution is 2.23. The number of carboxylic acid groups (broad SMARTS) is 1. The molecule has 4 nitrogen and oxygen atoms in total. The van der Waals surface area contributed by atoms with E-state index in [2.05, 4.69) is 15.9 Å². The van der Waals surface area contributed by atoms with Crippen molar-refractivity contribution in [1.29, 1.82) is 0 Å². The maximum absolute atomic E-state index is 12.3. The predicted molar refractivity (Wildman–Crippen MR) is 88.6 cm³/mol. The highest BCUT2D eigenvalue weighted by molar-refractivity contribution is 9.10. The summed E-state index contributed by atoms with van der Waals surface area (Å²) < 4.78 is 0.996. The van der Waals surface area contributed by atoms with Crippen LogP contribution in [-0.2, 0) is 9.59 Å². The van der Waals surface area contributed by atoms with Gasteiger partial charge in [0.1, 0.15) is 0 Å². The molecule has 0 aliphatic rings. The minimum Gasteiger partial charge on any atom is -0.481 e. The summed E-state index contributed by atoms with van der Waals surface area (Å²) in [6.45, 7) is 5.98. The molecule has 0 saturated carbocycles. The van der Waals surface area contributed by atoms with E-state index >= 15 is 0 Å². The summed E-state index contributed by atoms with van der Waals surface area (Å²) in [6, 6.07) is 7.75. The van der Waals surface area contributed by atoms with Crippen LogP contribution in [-0.4, -0.2) is 39.7 Å². The lowest BCUT2D eigenvalue weighted by Crippen LogP contribution is -2.47. The number of rotatable bonds is 6. The minimum absolute atomic E-state index is 0.0358. The lowest BCUT2D eigenvalue weighted by molar-refractivity contribution is -0.139. The number of aliphatic carboxylic acids is 1. The first-order valence-electron chi connectivity index (χ1n) is 6.61. The summed E-state index contributed by atoms with van der Waals surface area (Å²) >= 11 is 4.83. The Labute approximate surface area is 138 Å². The highest BCUT2D eigenvalue weighted by Gasteiger charge is 2.26. The fourth-order valence-electron chi connectivity index (χ4n) is 1.80. The van der Waals surface area contributed by atoms with Crippen molar-refractivity contribution in [2.45, 2.75) is 37.6 Å². The molecule has 0 radical (unpaired) electrons. The number of hydrogen-bond acceptors (Lipinski definition) is 3. The Morgan fingerprint density at radius 2 is 1.81 bits per heavy atom. The Morgan fingerprint density at radius 1 is 1.24 bits per heavy atom. The van der Waals surface area contributed by atoms with Gasteiger partial charge < -0.3 is 10.0 Å². The summed E-state index contributed by atoms with van der Waals surface area (Å²) in [6.07, 6.45) is -0.0358. The minimum atomic E-state index is -0.891. The molecule has 0 fully saturated rings. The van der Waals surface area contributed by atoms with E-state index in [-0.39, 0.29) is 24.4 Å². The molecule has 0 aromatic heterocycles. The van der Waals surface area contributed by atoms with E-state index in [1.54, 1.807) is 4.90 Å². The van der Waals surface area contributed by atoms with Gasteiger partial charge in [0.25, 0.3) is 0 Å². The van der Waals surface area contributed by atoms with Crippen LogP contribution in [0.5, 0.6) is 0 Å². The van der Waals surface area contributed by atoms with Crippen LogP contribution in [0.15, 0.2) is 33.6 Å². The molecule has 0 bridgehead atoms. The van der Waals surface area contributed by atoms with Gasteiger partial charge in [0.05, 0.1) is 12.2 Å². The number of carbonyl (C=O) groups is 2. The maximum Gasteiger partial charge on any atom is 0.305 e. The number of hydrogen-bond donors (Lipinski definition) is 1. The fourth-order valence-corrected chi connectivity index (χ4v) is 2.83. The van der Waals surface area contributed by atoms with Crippen LogP contribution in [0.4, 0.5) is 0 Å². The zero-order valence-electron chi connectivity index (χ0n) is 12.4. The van der Waals surface area contributed by atoms with E-state index < -0.39 is 5.97 Å². The largest absolute Gasteiger partial charge is 0.481 e. The zero-order chi connectivity index (χ0) is 16.0. The summed E-state index contributed by atoms with van der Waals surface area (Å²) in [5.41, 5.74) is -0.382. The number of amides is 1. The molecule has 1 amide bonds. The number of nitrogens with zero attached hydrogens (tertiary/aromatic N) is 1. The van der Waals surface area contributed by atoms with E-state index in [0.717, 1.165) is 9.37 Å². The van der Waals surface area contributed by atoms with Crippen LogP contribution in [0.2, 0.25) is 0 Å². The average molecular weight is 374 g/mol. The first-order chi connectivity index (χ1) is 9.70. The van der Waals surface area contributed by atoms with Gasteiger partial charge in [-0.15, -0.1) is 11.8 Å². The fraction of sp³-hybridized carbons (Fsp3) is 0.467. The Kier molecular flexibility index (Phi) is 6.74. The summed E-state index contributed by atoms with van der Waals surface area (Å²) in [5, 5.41) is 8.80. The van der Waals surface area contributed by atoms with Crippen LogP contribution in [0.3, 0.4) is 0 Å². The zero-order valence-corrected chi connectivity index (χ0v) is 14.8. The summed E-state index contributed by atoms with van der Waals surface area (Å²) in [5.74, 6) is -0.632. The van der Waals surface area contributed by atoms with Gasteiger partial charge >= 0.3 is 5.97 Å². The first-order valence-corrected chi connectivity index (χ1v) is 8.38. The van der Waals surface area contributed by atoms with Crippen LogP contribution in [0.1, 0.15) is 27.2 Å². The topological polar surface area (TPSA) is 57.6 Å². The molecule has 1 aromatic rings. The quantitative estimate of drug-likeness (QED) is 0.773. The number of carbonyl (C=O) groups excluding carboxylic acids is 1. The lowest BCUT2D eigenvalue weighted by Gasteiger charge is -2.35. The van der Waals surface area contributed by atoms with Gasteiger partial charge in [-0.2, -0.15) is 0 Å². The molecule has 0 aliphatic carbocycles. The molecular formula is C15H20BrNO3S. The Morgan fingerprint density at radius 3 is 2.29 bits per heavy atom. The standard InChI is InChI=1S/C15H20BrNO3S/c1-15(2,3)17(9-8-14(19)20)13(18)10-21-12-6-4-11(16)5-7-12/h4-7H,8-10H2,1-3H3,(H,19,20). The van der Waals surface area contributed by atoms with Crippen molar-refractivity contribution < 1.29 is 14.7 Å². The lowest BCUT2D eigenvalue weighted by atomic mass is 10.1. The molecule has 0 spiro atoms. The Balaban J connectivity index is 2.63. The molecule has 0 aliphatic heterocycles. The van der Waals surface area contributed by atoms with E-state index in [0.29, 0.717) is 5.75 Å². The molecular weight excluding hydrogens is 354 g/mol. The van der Waals surface area contributed by atoms with E-state index in [9.17, 15) is 9.59 Å². The molecule has 1 aromatic carbocycles. The third-order valence-corrected chi connectivity index (χ3v) is 4.36. The van der Waals surface area contributed by atoms with Gasteiger partial charge in [0.15, 0.2) is 0 Å². The Bertz CT molecular complexity index is 497. The third-order valence-electron chi connectivity index (χ3n) is 2.84. The average Bonchev–Trinajstić information content (AvgIpc) is 2.36. The van der Waals surface area contributed by atoms with Gasteiger partial charge in [-0.25, -0.2) is 0 Å². The smallest absolute Gasteiger partial charge is 0.305 e. The second-order valence-electron chi connectivity index (χ2n) is 5.60. The Hall–Kier alpha value is -1.01. The number of benzene rings is 1. The maximum atomic E-state index is 12.3. The molecule has 6 heteroatoms. The third kappa shape index (κ3) is 6.52. The number of halogens is 1. The molecule has 0 heterocycles. The van der Waals surface area contributed by atoms with Gasteiger partial charge in [-0.05, 0) is 45.0 Å². The summed E-state index contributed by atoms with van der Waals surface area (Å²) in [7, 11) is 0.